The third-order valence-electron chi connectivity index (χ3n) is 7.54. The number of hydrogen-bond donors (Lipinski definition) is 1. The van der Waals surface area contributed by atoms with Crippen molar-refractivity contribution in [1.29, 1.82) is 0 Å². The molecule has 1 saturated heterocycles. The predicted octanol–water partition coefficient (Wildman–Crippen LogP) is 4.75. The van der Waals surface area contributed by atoms with Crippen LogP contribution in [0.5, 0.6) is 0 Å². The average Bonchev–Trinajstić information content (AvgIpc) is 3.20. The van der Waals surface area contributed by atoms with Crippen LogP contribution < -0.4 is 0 Å². The van der Waals surface area contributed by atoms with E-state index in [0.29, 0.717) is 43.7 Å². The first-order chi connectivity index (χ1) is 16.1. The molecule has 35 heavy (non-hydrogen) atoms. The van der Waals surface area contributed by atoms with Crippen molar-refractivity contribution in [2.24, 2.45) is 0 Å². The fourth-order valence-electron chi connectivity index (χ4n) is 5.58. The number of carbonyl (C=O) groups is 1. The molecule has 2 aliphatic rings. The molecule has 0 saturated carbocycles. The van der Waals surface area contributed by atoms with Crippen LogP contribution in [0.15, 0.2) is 30.3 Å². The van der Waals surface area contributed by atoms with Gasteiger partial charge in [-0.25, -0.2) is 0 Å². The molecule has 2 aromatic rings. The number of aliphatic hydroxyl groups is 1. The second-order valence-electron chi connectivity index (χ2n) is 10.2. The summed E-state index contributed by atoms with van der Waals surface area (Å²) in [6.45, 7) is 6.22. The van der Waals surface area contributed by atoms with Crippen molar-refractivity contribution in [3.8, 4) is 0 Å². The van der Waals surface area contributed by atoms with Crippen LogP contribution in [0.3, 0.4) is 0 Å². The summed E-state index contributed by atoms with van der Waals surface area (Å²) < 4.78 is 68.7. The summed E-state index contributed by atoms with van der Waals surface area (Å²) in [5.41, 5.74) is -0.362. The quantitative estimate of drug-likeness (QED) is 0.620. The lowest BCUT2D eigenvalue weighted by Gasteiger charge is -2.50. The molecule has 0 aliphatic carbocycles. The van der Waals surface area contributed by atoms with Crippen LogP contribution in [0.1, 0.15) is 59.6 Å². The number of aryl methyl sites for hydroxylation is 1. The Morgan fingerprint density at radius 1 is 0.971 bits per heavy atom. The van der Waals surface area contributed by atoms with Crippen molar-refractivity contribution in [3.63, 3.8) is 0 Å². The van der Waals surface area contributed by atoms with Crippen LogP contribution in [-0.2, 0) is 23.6 Å². The van der Waals surface area contributed by atoms with Crippen LogP contribution in [-0.4, -0.2) is 58.2 Å². The second kappa shape index (κ2) is 8.30. The number of hydrogen-bond acceptors (Lipinski definition) is 3. The normalized spacial score (nSPS) is 19.2. The number of rotatable bonds is 3. The Bertz CT molecular complexity index is 1130. The third kappa shape index (κ3) is 4.14. The Hall–Kier alpha value is -2.46. The van der Waals surface area contributed by atoms with E-state index in [2.05, 4.69) is 0 Å². The van der Waals surface area contributed by atoms with E-state index in [1.807, 2.05) is 18.9 Å². The Labute approximate surface area is 201 Å². The maximum atomic E-state index is 14.2. The standard InChI is InChI=1S/C25H30F5N3O2/c1-16-15-17(5-6-18(16)22(2,3)35)21(34)32-11-9-23(10-12-32)19-7-8-20(24(26,27)25(28,29)30)33(19)14-13-31(23)4/h5-8,15,35H,9-14H2,1-4H3. The van der Waals surface area contributed by atoms with E-state index in [1.165, 1.54) is 6.07 Å². The fraction of sp³-hybridized carbons (Fsp3) is 0.560. The summed E-state index contributed by atoms with van der Waals surface area (Å²) in [4.78, 5) is 16.9. The minimum atomic E-state index is -5.67. The molecule has 0 unspecified atom stereocenters. The molecule has 0 bridgehead atoms. The highest BCUT2D eigenvalue weighted by molar-refractivity contribution is 5.94. The molecule has 1 spiro atoms. The van der Waals surface area contributed by atoms with Crippen molar-refractivity contribution in [2.75, 3.05) is 26.7 Å². The zero-order chi connectivity index (χ0) is 26.0. The molecular weight excluding hydrogens is 469 g/mol. The molecule has 4 rings (SSSR count). The number of carbonyl (C=O) groups excluding carboxylic acids is 1. The molecule has 192 valence electrons. The highest BCUT2D eigenvalue weighted by atomic mass is 19.4. The molecule has 2 aliphatic heterocycles. The molecule has 3 heterocycles. The highest BCUT2D eigenvalue weighted by Gasteiger charge is 2.61. The first-order valence-electron chi connectivity index (χ1n) is 11.6. The Morgan fingerprint density at radius 2 is 1.60 bits per heavy atom. The monoisotopic (exact) mass is 499 g/mol. The van der Waals surface area contributed by atoms with Gasteiger partial charge < -0.3 is 14.6 Å². The molecular formula is C25H30F5N3O2. The van der Waals surface area contributed by atoms with E-state index in [9.17, 15) is 31.9 Å². The van der Waals surface area contributed by atoms with E-state index >= 15 is 0 Å². The largest absolute Gasteiger partial charge is 0.459 e. The van der Waals surface area contributed by atoms with Crippen LogP contribution in [0, 0.1) is 6.92 Å². The molecule has 0 radical (unpaired) electrons. The fourth-order valence-corrected chi connectivity index (χ4v) is 5.58. The van der Waals surface area contributed by atoms with E-state index in [0.717, 1.165) is 21.8 Å². The van der Waals surface area contributed by atoms with E-state index in [4.69, 9.17) is 0 Å². The Balaban J connectivity index is 1.58. The predicted molar refractivity (Wildman–Crippen MR) is 120 cm³/mol. The van der Waals surface area contributed by atoms with Gasteiger partial charge in [0.05, 0.1) is 16.8 Å². The van der Waals surface area contributed by atoms with Gasteiger partial charge in [-0.1, -0.05) is 6.07 Å². The topological polar surface area (TPSA) is 48.7 Å². The van der Waals surface area contributed by atoms with Crippen molar-refractivity contribution >= 4 is 5.91 Å². The Morgan fingerprint density at radius 3 is 2.14 bits per heavy atom. The van der Waals surface area contributed by atoms with E-state index in [1.54, 1.807) is 36.9 Å². The zero-order valence-corrected chi connectivity index (χ0v) is 20.2. The second-order valence-corrected chi connectivity index (χ2v) is 10.2. The number of amides is 1. The van der Waals surface area contributed by atoms with Crippen LogP contribution in [0.4, 0.5) is 22.0 Å². The summed E-state index contributed by atoms with van der Waals surface area (Å²) in [5.74, 6) is -5.12. The van der Waals surface area contributed by atoms with Crippen molar-refractivity contribution in [2.45, 2.75) is 63.4 Å². The number of aromatic nitrogens is 1. The van der Waals surface area contributed by atoms with Crippen LogP contribution >= 0.6 is 0 Å². The zero-order valence-electron chi connectivity index (χ0n) is 20.2. The molecule has 1 fully saturated rings. The number of nitrogens with zero attached hydrogens (tertiary/aromatic N) is 3. The minimum Gasteiger partial charge on any atom is -0.386 e. The number of halogens is 5. The van der Waals surface area contributed by atoms with Gasteiger partial charge in [-0.3, -0.25) is 9.69 Å². The number of fused-ring (bicyclic) bond motifs is 2. The summed E-state index contributed by atoms with van der Waals surface area (Å²) >= 11 is 0. The van der Waals surface area contributed by atoms with Gasteiger partial charge in [0.2, 0.25) is 0 Å². The number of likely N-dealkylation sites (tertiary alicyclic amines) is 1. The summed E-state index contributed by atoms with van der Waals surface area (Å²) in [5, 5.41) is 10.3. The average molecular weight is 500 g/mol. The van der Waals surface area contributed by atoms with Gasteiger partial charge in [-0.2, -0.15) is 22.0 Å². The van der Waals surface area contributed by atoms with E-state index in [-0.39, 0.29) is 12.5 Å². The molecule has 1 N–H and O–H groups in total. The van der Waals surface area contributed by atoms with Gasteiger partial charge in [-0.05, 0) is 76.1 Å². The van der Waals surface area contributed by atoms with Gasteiger partial charge >= 0.3 is 12.1 Å². The van der Waals surface area contributed by atoms with Crippen LogP contribution in [0.25, 0.3) is 0 Å². The van der Waals surface area contributed by atoms with Crippen molar-refractivity contribution in [1.82, 2.24) is 14.4 Å². The third-order valence-corrected chi connectivity index (χ3v) is 7.54. The molecule has 10 heteroatoms. The number of benzene rings is 1. The number of piperidine rings is 1. The molecule has 0 atom stereocenters. The van der Waals surface area contributed by atoms with Crippen molar-refractivity contribution < 1.29 is 31.9 Å². The number of likely N-dealkylation sites (N-methyl/N-ethyl adjacent to an activating group) is 1. The molecule has 5 nitrogen and oxygen atoms in total. The van der Waals surface area contributed by atoms with Gasteiger partial charge in [0, 0.05) is 37.4 Å². The lowest BCUT2D eigenvalue weighted by Crippen LogP contribution is -2.57. The highest BCUT2D eigenvalue weighted by Crippen LogP contribution is 2.48. The van der Waals surface area contributed by atoms with Gasteiger partial charge in [0.1, 0.15) is 0 Å². The van der Waals surface area contributed by atoms with Gasteiger partial charge in [-0.15, -0.1) is 0 Å². The van der Waals surface area contributed by atoms with Gasteiger partial charge in [0.25, 0.3) is 5.91 Å². The summed E-state index contributed by atoms with van der Waals surface area (Å²) in [6.07, 6.45) is -4.85. The van der Waals surface area contributed by atoms with Crippen molar-refractivity contribution in [3.05, 3.63) is 58.4 Å². The number of alkyl halides is 5. The summed E-state index contributed by atoms with van der Waals surface area (Å²) in [6, 6.07) is 7.41. The SMILES string of the molecule is Cc1cc(C(=O)N2CCC3(CC2)c2ccc(C(F)(F)C(F)(F)F)n2CCN3C)ccc1C(C)(C)O. The maximum Gasteiger partial charge on any atom is 0.459 e. The van der Waals surface area contributed by atoms with E-state index < -0.39 is 28.9 Å². The lowest BCUT2D eigenvalue weighted by atomic mass is 9.81. The molecule has 1 amide bonds. The smallest absolute Gasteiger partial charge is 0.386 e. The first-order valence-corrected chi connectivity index (χ1v) is 11.6. The molecule has 1 aromatic heterocycles. The summed E-state index contributed by atoms with van der Waals surface area (Å²) in [7, 11) is 1.84. The first kappa shape index (κ1) is 25.6. The lowest BCUT2D eigenvalue weighted by molar-refractivity contribution is -0.292. The van der Waals surface area contributed by atoms with Gasteiger partial charge in [0.15, 0.2) is 0 Å². The minimum absolute atomic E-state index is 0.0388. The maximum absolute atomic E-state index is 14.2. The Kier molecular flexibility index (Phi) is 6.08. The molecule has 1 aromatic carbocycles. The van der Waals surface area contributed by atoms with Crippen LogP contribution in [0.2, 0.25) is 0 Å².